The zero-order valence-corrected chi connectivity index (χ0v) is 19.3. The molecule has 1 aliphatic heterocycles. The largest absolute Gasteiger partial charge is 0.482 e. The summed E-state index contributed by atoms with van der Waals surface area (Å²) in [5.74, 6) is 0.334. The summed E-state index contributed by atoms with van der Waals surface area (Å²) in [6, 6.07) is 28.9. The van der Waals surface area contributed by atoms with Crippen LogP contribution in [0.2, 0.25) is 0 Å². The van der Waals surface area contributed by atoms with Crippen LogP contribution in [0.1, 0.15) is 9.67 Å². The fourth-order valence-electron chi connectivity index (χ4n) is 4.04. The number of nitrogens with zero attached hydrogens (tertiary/aromatic N) is 1. The van der Waals surface area contributed by atoms with Crippen molar-refractivity contribution in [2.45, 2.75) is 0 Å². The van der Waals surface area contributed by atoms with Crippen molar-refractivity contribution in [2.75, 3.05) is 17.2 Å². The monoisotopic (exact) mass is 477 g/mol. The third-order valence-corrected chi connectivity index (χ3v) is 6.84. The Balaban J connectivity index is 1.26. The molecule has 0 bridgehead atoms. The van der Waals surface area contributed by atoms with E-state index in [0.717, 1.165) is 32.6 Å². The molecular weight excluding hydrogens is 458 g/mol. The zero-order chi connectivity index (χ0) is 23.8. The van der Waals surface area contributed by atoms with Gasteiger partial charge in [-0.15, -0.1) is 11.3 Å². The average Bonchev–Trinajstić information content (AvgIpc) is 3.33. The highest BCUT2D eigenvalue weighted by atomic mass is 32.1. The lowest BCUT2D eigenvalue weighted by atomic mass is 10.1. The summed E-state index contributed by atoms with van der Waals surface area (Å²) >= 11 is 1.48. The fourth-order valence-corrected chi connectivity index (χ4v) is 5.00. The molecule has 0 saturated heterocycles. The second-order valence-electron chi connectivity index (χ2n) is 8.14. The van der Waals surface area contributed by atoms with Gasteiger partial charge in [0.2, 0.25) is 0 Å². The maximum Gasteiger partial charge on any atom is 0.265 e. The molecule has 0 aliphatic carbocycles. The van der Waals surface area contributed by atoms with E-state index in [1.807, 2.05) is 91.0 Å². The van der Waals surface area contributed by atoms with Gasteiger partial charge in [0.1, 0.15) is 5.75 Å². The predicted molar refractivity (Wildman–Crippen MR) is 139 cm³/mol. The quantitative estimate of drug-likeness (QED) is 0.322. The molecule has 6 rings (SSSR count). The molecule has 7 heteroatoms. The first-order chi connectivity index (χ1) is 17.1. The molecule has 35 heavy (non-hydrogen) atoms. The number of benzene rings is 3. The van der Waals surface area contributed by atoms with E-state index in [2.05, 4.69) is 10.6 Å². The minimum atomic E-state index is -0.175. The Morgan fingerprint density at radius 2 is 1.69 bits per heavy atom. The summed E-state index contributed by atoms with van der Waals surface area (Å²) < 4.78 is 6.53. The lowest BCUT2D eigenvalue weighted by Gasteiger charge is -2.18. The molecular formula is C28H19N3O3S. The molecule has 6 nitrogen and oxygen atoms in total. The average molecular weight is 478 g/mol. The maximum atomic E-state index is 12.9. The molecule has 2 N–H and O–H groups in total. The molecule has 3 aromatic carbocycles. The van der Waals surface area contributed by atoms with E-state index in [9.17, 15) is 9.59 Å². The number of amides is 2. The highest BCUT2D eigenvalue weighted by molar-refractivity contribution is 7.20. The van der Waals surface area contributed by atoms with Gasteiger partial charge in [-0.1, -0.05) is 36.4 Å². The van der Waals surface area contributed by atoms with Gasteiger partial charge in [-0.2, -0.15) is 0 Å². The van der Waals surface area contributed by atoms with Crippen LogP contribution in [0.15, 0.2) is 91.0 Å². The molecule has 2 amide bonds. The van der Waals surface area contributed by atoms with Gasteiger partial charge in [0.15, 0.2) is 6.61 Å². The molecule has 0 spiro atoms. The topological polar surface area (TPSA) is 80.3 Å². The number of hydrogen-bond acceptors (Lipinski definition) is 5. The molecule has 2 aromatic heterocycles. The number of fused-ring (bicyclic) bond motifs is 2. The Morgan fingerprint density at radius 1 is 0.886 bits per heavy atom. The van der Waals surface area contributed by atoms with E-state index in [1.54, 1.807) is 0 Å². The number of ether oxygens (including phenoxy) is 1. The predicted octanol–water partition coefficient (Wildman–Crippen LogP) is 6.21. The molecule has 0 unspecified atom stereocenters. The number of carbonyl (C=O) groups is 2. The van der Waals surface area contributed by atoms with Gasteiger partial charge in [0.25, 0.3) is 11.8 Å². The van der Waals surface area contributed by atoms with Crippen LogP contribution in [0, 0.1) is 0 Å². The number of pyridine rings is 1. The van der Waals surface area contributed by atoms with Gasteiger partial charge < -0.3 is 15.4 Å². The third-order valence-electron chi connectivity index (χ3n) is 5.72. The lowest BCUT2D eigenvalue weighted by Crippen LogP contribution is -2.25. The Kier molecular flexibility index (Phi) is 5.24. The van der Waals surface area contributed by atoms with Crippen molar-refractivity contribution >= 4 is 44.6 Å². The van der Waals surface area contributed by atoms with Crippen molar-refractivity contribution in [2.24, 2.45) is 0 Å². The van der Waals surface area contributed by atoms with E-state index in [0.29, 0.717) is 22.0 Å². The molecule has 170 valence electrons. The number of carbonyl (C=O) groups excluding carboxylic acids is 2. The Labute approximate surface area is 205 Å². The highest BCUT2D eigenvalue weighted by Gasteiger charge is 2.17. The molecule has 0 fully saturated rings. The van der Waals surface area contributed by atoms with Gasteiger partial charge in [-0.05, 0) is 60.0 Å². The fraction of sp³-hybridized carbons (Fsp3) is 0.0357. The summed E-state index contributed by atoms with van der Waals surface area (Å²) in [7, 11) is 0. The number of rotatable bonds is 4. The van der Waals surface area contributed by atoms with Gasteiger partial charge >= 0.3 is 0 Å². The minimum Gasteiger partial charge on any atom is -0.482 e. The van der Waals surface area contributed by atoms with Crippen molar-refractivity contribution in [3.8, 4) is 28.3 Å². The van der Waals surface area contributed by atoms with Crippen LogP contribution in [0.25, 0.3) is 32.6 Å². The molecule has 5 aromatic rings. The Morgan fingerprint density at radius 3 is 2.54 bits per heavy atom. The minimum absolute atomic E-state index is 0.0237. The summed E-state index contributed by atoms with van der Waals surface area (Å²) in [4.78, 5) is 30.0. The molecule has 0 saturated carbocycles. The zero-order valence-electron chi connectivity index (χ0n) is 18.4. The standard InChI is InChI=1S/C28H19N3O3S/c32-27-16-34-24-12-11-18(14-23(24)31-27)22-9-4-8-21(30-22)17-6-3-7-20(13-17)29-28(33)26-15-19-5-1-2-10-25(19)35-26/h1-15H,16H2,(H,29,33)(H,31,32). The van der Waals surface area contributed by atoms with E-state index in [1.165, 1.54) is 11.3 Å². The summed E-state index contributed by atoms with van der Waals surface area (Å²) in [6.45, 7) is 0.0237. The van der Waals surface area contributed by atoms with Crippen LogP contribution in [0.5, 0.6) is 5.75 Å². The highest BCUT2D eigenvalue weighted by Crippen LogP contribution is 2.33. The first kappa shape index (κ1) is 21.1. The van der Waals surface area contributed by atoms with Crippen LogP contribution < -0.4 is 15.4 Å². The van der Waals surface area contributed by atoms with Crippen LogP contribution in [0.3, 0.4) is 0 Å². The van der Waals surface area contributed by atoms with E-state index >= 15 is 0 Å². The number of hydrogen-bond donors (Lipinski definition) is 2. The van der Waals surface area contributed by atoms with E-state index < -0.39 is 0 Å². The normalized spacial score (nSPS) is 12.5. The van der Waals surface area contributed by atoms with Crippen molar-refractivity contribution in [1.82, 2.24) is 4.98 Å². The van der Waals surface area contributed by atoms with Gasteiger partial charge in [0, 0.05) is 21.5 Å². The first-order valence-corrected chi connectivity index (χ1v) is 11.9. The maximum absolute atomic E-state index is 12.9. The van der Waals surface area contributed by atoms with Crippen molar-refractivity contribution in [1.29, 1.82) is 0 Å². The van der Waals surface area contributed by atoms with Gasteiger partial charge in [-0.25, -0.2) is 4.98 Å². The molecule has 1 aliphatic rings. The second-order valence-corrected chi connectivity index (χ2v) is 9.22. The number of thiophene rings is 1. The van der Waals surface area contributed by atoms with E-state index in [4.69, 9.17) is 9.72 Å². The second kappa shape index (κ2) is 8.70. The van der Waals surface area contributed by atoms with E-state index in [-0.39, 0.29) is 18.4 Å². The summed E-state index contributed by atoms with van der Waals surface area (Å²) in [6.07, 6.45) is 0. The van der Waals surface area contributed by atoms with Crippen molar-refractivity contribution in [3.05, 3.63) is 95.9 Å². The third kappa shape index (κ3) is 4.25. The van der Waals surface area contributed by atoms with Gasteiger partial charge in [-0.3, -0.25) is 9.59 Å². The first-order valence-electron chi connectivity index (χ1n) is 11.1. The van der Waals surface area contributed by atoms with Crippen molar-refractivity contribution < 1.29 is 14.3 Å². The Hall–Kier alpha value is -4.49. The van der Waals surface area contributed by atoms with Crippen LogP contribution in [-0.4, -0.2) is 23.4 Å². The summed E-state index contributed by atoms with van der Waals surface area (Å²) in [5, 5.41) is 6.90. The Bertz CT molecular complexity index is 1580. The van der Waals surface area contributed by atoms with Crippen molar-refractivity contribution in [3.63, 3.8) is 0 Å². The van der Waals surface area contributed by atoms with Crippen LogP contribution in [-0.2, 0) is 4.79 Å². The SMILES string of the molecule is O=C1COc2ccc(-c3cccc(-c4cccc(NC(=O)c5cc6ccccc6s5)c4)n3)cc2N1. The summed E-state index contributed by atoms with van der Waals surface area (Å²) in [5.41, 5.74) is 4.63. The van der Waals surface area contributed by atoms with Crippen LogP contribution >= 0.6 is 11.3 Å². The number of nitrogens with one attached hydrogen (secondary N) is 2. The molecule has 0 radical (unpaired) electrons. The van der Waals surface area contributed by atoms with Gasteiger partial charge in [0.05, 0.1) is 22.0 Å². The smallest absolute Gasteiger partial charge is 0.265 e. The van der Waals surface area contributed by atoms with Crippen LogP contribution in [0.4, 0.5) is 11.4 Å². The molecule has 0 atom stereocenters. The lowest BCUT2D eigenvalue weighted by molar-refractivity contribution is -0.118. The number of anilines is 2. The molecule has 3 heterocycles. The number of aromatic nitrogens is 1.